The van der Waals surface area contributed by atoms with Gasteiger partial charge < -0.3 is 76.6 Å². The Labute approximate surface area is 574 Å². The normalized spacial score (nSPS) is 7.32. The second-order valence-corrected chi connectivity index (χ2v) is 13.6. The van der Waals surface area contributed by atoms with Crippen molar-refractivity contribution >= 4 is 95.3 Å². The number of aromatic amines is 2. The van der Waals surface area contributed by atoms with Gasteiger partial charge in [0.25, 0.3) is 0 Å². The Morgan fingerprint density at radius 2 is 0.732 bits per heavy atom. The maximum atomic E-state index is 7.00. The smallest absolute Gasteiger partial charge is 1.00 e. The molecule has 0 saturated carbocycles. The van der Waals surface area contributed by atoms with E-state index in [1.807, 2.05) is 182 Å². The number of aliphatic hydroxyl groups excluding tert-OH is 2. The summed E-state index contributed by atoms with van der Waals surface area (Å²) in [6.45, 7) is 0. The number of halogens is 16. The summed E-state index contributed by atoms with van der Waals surface area (Å²) in [5, 5.41) is 14.4. The summed E-state index contributed by atoms with van der Waals surface area (Å²) in [6, 6.07) is 59.4. The Morgan fingerprint density at radius 1 is 0.415 bits per heavy atom. The van der Waals surface area contributed by atoms with Gasteiger partial charge in [-0.1, -0.05) is 29.8 Å². The average molecular weight is 1730 g/mol. The number of rotatable bonds is 6. The predicted molar refractivity (Wildman–Crippen MR) is 277 cm³/mol. The van der Waals surface area contributed by atoms with Crippen LogP contribution < -0.4 is 56.5 Å². The first-order valence-corrected chi connectivity index (χ1v) is 21.6. The standard InChI is InChI=1S/2C18H13N4.2C5H5.2CH2Cl2.2CH4O.2Ag.12FH.2Fe.2Sb/c2*1-2-8-13(7-1)18-21-16(14-9-3-5-11-19-14)17(22-18)15-10-4-6-12-20-15;2*1-2-4-5-3-1;2*2-1-3;2*1-2;;;;;;;;;;;;;;;;;;/h2*1-12H,(H,21,22);2*1-5H;2*1H2;2*2H,1H3;;;12*1H;;;;/q4*-1;;;;;2*+1;;;;;;;;;;;;;2*+2;2*+5/p-12. The molecule has 0 aliphatic heterocycles. The third-order valence-electron chi connectivity index (χ3n) is 8.05. The van der Waals surface area contributed by atoms with Crippen molar-refractivity contribution in [2.45, 2.75) is 0 Å². The number of pyridine rings is 4. The Hall–Kier alpha value is -3.18. The van der Waals surface area contributed by atoms with Gasteiger partial charge in [-0.05, 0) is 48.5 Å². The molecule has 0 amide bonds. The molecule has 6 heterocycles. The Bertz CT molecular complexity index is 2280. The molecule has 10 aromatic rings. The van der Waals surface area contributed by atoms with Gasteiger partial charge in [0, 0.05) is 39.0 Å². The zero-order valence-corrected chi connectivity index (χ0v) is 55.2. The SMILES string of the molecule is CO.CO.ClCCl.ClCCl.[Ag+].[Ag+].[F-].[F-].[F-].[F-].[F-].[F-].[F-].[F-].[F-].[F-].[F-].[F-].[Fe+2].[Fe+2].[Sb+5].[Sb+5].c1cc[cH-]c1.c1cc[cH-]c1.c1ccc(-c2nc(-[c-]3cccc3)[nH]c2-c2ccccn2)nc1.c1ccc(-c2nc(-c3ccc[cH-]3)[nH]c2-c2ccccn2)nc1. The van der Waals surface area contributed by atoms with Crippen LogP contribution >= 0.6 is 46.4 Å². The van der Waals surface area contributed by atoms with Gasteiger partial charge in [-0.3, -0.25) is 24.9 Å². The topological polar surface area (TPSA) is 149 Å². The molecule has 6 aromatic heterocycles. The summed E-state index contributed by atoms with van der Waals surface area (Å²) in [5.41, 5.74) is 8.88. The fourth-order valence-electron chi connectivity index (χ4n) is 5.49. The van der Waals surface area contributed by atoms with E-state index in [1.54, 1.807) is 24.8 Å². The Morgan fingerprint density at radius 3 is 1.01 bits per heavy atom. The molecule has 460 valence electrons. The number of nitrogens with zero attached hydrogens (tertiary/aromatic N) is 6. The second kappa shape index (κ2) is 77.8. The van der Waals surface area contributed by atoms with E-state index in [1.165, 1.54) is 0 Å². The zero-order chi connectivity index (χ0) is 46.0. The zero-order valence-electron chi connectivity index (χ0n) is 41.9. The summed E-state index contributed by atoms with van der Waals surface area (Å²) in [5.74, 6) is 1.65. The average Bonchev–Trinajstić information content (AvgIpc) is 4.22. The molecule has 10 rings (SSSR count). The monoisotopic (exact) mass is 1730 g/mol. The first-order chi connectivity index (χ1) is 31.7. The minimum atomic E-state index is 0. The summed E-state index contributed by atoms with van der Waals surface area (Å²) < 4.78 is 0. The van der Waals surface area contributed by atoms with Gasteiger partial charge in [-0.15, -0.1) is 58.0 Å². The number of hydrogen-bond acceptors (Lipinski definition) is 8. The molecular formula is C50H48Ag2Cl4F12Fe2N8O2Sb2. The minimum Gasteiger partial charge on any atom is -1.00 e. The molecule has 32 heteroatoms. The van der Waals surface area contributed by atoms with Crippen molar-refractivity contribution in [1.82, 2.24) is 39.9 Å². The molecule has 0 fully saturated rings. The van der Waals surface area contributed by atoms with Crippen LogP contribution in [0.3, 0.4) is 0 Å². The summed E-state index contributed by atoms with van der Waals surface area (Å²) >= 11 is 19.1. The molecule has 0 spiro atoms. The van der Waals surface area contributed by atoms with Crippen LogP contribution in [-0.4, -0.2) is 124 Å². The van der Waals surface area contributed by atoms with Crippen LogP contribution in [0.15, 0.2) is 207 Å². The Balaban J connectivity index is -0.0000000490. The third kappa shape index (κ3) is 43.4. The molecule has 82 heavy (non-hydrogen) atoms. The van der Waals surface area contributed by atoms with Crippen molar-refractivity contribution in [2.24, 2.45) is 0 Å². The van der Waals surface area contributed by atoms with Gasteiger partial charge in [0.05, 0.1) is 56.5 Å². The van der Waals surface area contributed by atoms with Crippen molar-refractivity contribution < 1.29 is 146 Å². The van der Waals surface area contributed by atoms with Crippen molar-refractivity contribution in [3.05, 3.63) is 207 Å². The first-order valence-electron chi connectivity index (χ1n) is 19.4. The molecule has 0 bridgehead atoms. The fourth-order valence-corrected chi connectivity index (χ4v) is 5.49. The maximum Gasteiger partial charge on any atom is 5.00 e. The van der Waals surface area contributed by atoms with E-state index < -0.39 is 0 Å². The number of hydrogen-bond donors (Lipinski definition) is 4. The third-order valence-corrected chi connectivity index (χ3v) is 8.05. The van der Waals surface area contributed by atoms with Crippen LogP contribution in [0.5, 0.6) is 0 Å². The molecule has 10 nitrogen and oxygen atoms in total. The second-order valence-electron chi connectivity index (χ2n) is 12.0. The van der Waals surface area contributed by atoms with E-state index in [0.29, 0.717) is 0 Å². The van der Waals surface area contributed by atoms with Gasteiger partial charge in [-0.25, -0.2) is 41.4 Å². The van der Waals surface area contributed by atoms with Gasteiger partial charge in [-0.2, -0.15) is 66.7 Å². The molecule has 4 N–H and O–H groups in total. The minimum absolute atomic E-state index is 0. The molecular weight excluding hydrogens is 1690 g/mol. The number of H-pyrrole nitrogens is 2. The number of alkyl halides is 4. The van der Waals surface area contributed by atoms with E-state index in [2.05, 4.69) is 29.9 Å². The van der Waals surface area contributed by atoms with Gasteiger partial charge >= 0.3 is 128 Å². The Kier molecular flexibility index (Phi) is 115. The van der Waals surface area contributed by atoms with E-state index >= 15 is 0 Å². The summed E-state index contributed by atoms with van der Waals surface area (Å²) in [7, 11) is 2.00. The van der Waals surface area contributed by atoms with Gasteiger partial charge in [0.15, 0.2) is 0 Å². The molecule has 4 aromatic carbocycles. The molecule has 0 unspecified atom stereocenters. The van der Waals surface area contributed by atoms with E-state index in [0.717, 1.165) is 82.5 Å². The van der Waals surface area contributed by atoms with Crippen LogP contribution in [0.4, 0.5) is 0 Å². The molecule has 0 saturated heterocycles. The quantitative estimate of drug-likeness (QED) is 0.0556. The number of nitrogens with one attached hydrogen (secondary N) is 2. The van der Waals surface area contributed by atoms with Gasteiger partial charge in [0.1, 0.15) is 11.4 Å². The van der Waals surface area contributed by atoms with Gasteiger partial charge in [0.2, 0.25) is 0 Å². The summed E-state index contributed by atoms with van der Waals surface area (Å²) in [6.07, 6.45) is 7.10. The molecule has 0 radical (unpaired) electrons. The van der Waals surface area contributed by atoms with Crippen LogP contribution in [0.25, 0.3) is 68.3 Å². The van der Waals surface area contributed by atoms with Crippen LogP contribution in [-0.2, 0) is 78.9 Å². The van der Waals surface area contributed by atoms with Crippen molar-refractivity contribution in [1.29, 1.82) is 0 Å². The van der Waals surface area contributed by atoms with Crippen molar-refractivity contribution in [2.75, 3.05) is 24.9 Å². The number of imidazole rings is 2. The fraction of sp³-hybridized carbons (Fsp3) is 0.0800. The first kappa shape index (κ1) is 121. The van der Waals surface area contributed by atoms with E-state index in [-0.39, 0.29) is 195 Å². The van der Waals surface area contributed by atoms with Crippen molar-refractivity contribution in [3.63, 3.8) is 0 Å². The number of aliphatic hydroxyl groups is 2. The maximum absolute atomic E-state index is 7.00. The van der Waals surface area contributed by atoms with Crippen LogP contribution in [0.2, 0.25) is 0 Å². The predicted octanol–water partition coefficient (Wildman–Crippen LogP) is -24.0. The largest absolute Gasteiger partial charge is 5.00 e. The molecule has 0 aliphatic rings. The molecule has 0 aliphatic carbocycles. The van der Waals surface area contributed by atoms with E-state index in [4.69, 9.17) is 66.6 Å². The summed E-state index contributed by atoms with van der Waals surface area (Å²) in [4.78, 5) is 34.0. The van der Waals surface area contributed by atoms with E-state index in [9.17, 15) is 0 Å². The number of aromatic nitrogens is 8. The van der Waals surface area contributed by atoms with Crippen LogP contribution in [0, 0.1) is 0 Å². The van der Waals surface area contributed by atoms with Crippen molar-refractivity contribution in [3.8, 4) is 68.3 Å². The van der Waals surface area contributed by atoms with Crippen LogP contribution in [0.1, 0.15) is 0 Å². The molecule has 0 atom stereocenters.